The van der Waals surface area contributed by atoms with Crippen LogP contribution in [0.3, 0.4) is 0 Å². The van der Waals surface area contributed by atoms with E-state index in [4.69, 9.17) is 4.74 Å². The fraction of sp³-hybridized carbons (Fsp3) is 0.0952. The lowest BCUT2D eigenvalue weighted by Crippen LogP contribution is -2.26. The van der Waals surface area contributed by atoms with Crippen LogP contribution in [0.1, 0.15) is 28.9 Å². The summed E-state index contributed by atoms with van der Waals surface area (Å²) in [5, 5.41) is 2.90. The van der Waals surface area contributed by atoms with Crippen LogP contribution < -0.4 is 10.1 Å². The van der Waals surface area contributed by atoms with E-state index in [0.717, 1.165) is 11.3 Å². The molecule has 25 heavy (non-hydrogen) atoms. The Morgan fingerprint density at radius 1 is 0.880 bits per heavy atom. The van der Waals surface area contributed by atoms with Crippen LogP contribution in [0.25, 0.3) is 0 Å². The van der Waals surface area contributed by atoms with Crippen molar-refractivity contribution in [2.45, 2.75) is 13.0 Å². The second-order valence-electron chi connectivity index (χ2n) is 5.69. The zero-order chi connectivity index (χ0) is 17.6. The smallest absolute Gasteiger partial charge is 0.251 e. The number of amides is 1. The summed E-state index contributed by atoms with van der Waals surface area (Å²) in [4.78, 5) is 12.3. The van der Waals surface area contributed by atoms with Crippen molar-refractivity contribution in [1.29, 1.82) is 0 Å². The summed E-state index contributed by atoms with van der Waals surface area (Å²) in [6.45, 7) is 1.86. The molecule has 0 unspecified atom stereocenters. The number of hydrogen-bond acceptors (Lipinski definition) is 2. The monoisotopic (exact) mass is 335 g/mol. The third-order valence-electron chi connectivity index (χ3n) is 3.81. The average Bonchev–Trinajstić information content (AvgIpc) is 2.63. The van der Waals surface area contributed by atoms with Gasteiger partial charge in [-0.05, 0) is 61.0 Å². The summed E-state index contributed by atoms with van der Waals surface area (Å²) in [7, 11) is 0. The summed E-state index contributed by atoms with van der Waals surface area (Å²) in [6, 6.07) is 22.3. The van der Waals surface area contributed by atoms with Gasteiger partial charge in [-0.3, -0.25) is 4.79 Å². The summed E-state index contributed by atoms with van der Waals surface area (Å²) in [6.07, 6.45) is 0. The first-order valence-electron chi connectivity index (χ1n) is 8.01. The zero-order valence-electron chi connectivity index (χ0n) is 13.8. The molecule has 0 spiro atoms. The molecule has 1 atom stereocenters. The van der Waals surface area contributed by atoms with Crippen LogP contribution in [0, 0.1) is 5.82 Å². The van der Waals surface area contributed by atoms with Gasteiger partial charge in [-0.1, -0.05) is 30.3 Å². The molecule has 126 valence electrons. The number of nitrogens with one attached hydrogen (secondary N) is 1. The van der Waals surface area contributed by atoms with Crippen LogP contribution in [-0.4, -0.2) is 5.91 Å². The molecular formula is C21H18FNO2. The molecule has 3 nitrogen and oxygen atoms in total. The van der Waals surface area contributed by atoms with E-state index in [2.05, 4.69) is 5.32 Å². The van der Waals surface area contributed by atoms with Crippen molar-refractivity contribution in [3.63, 3.8) is 0 Å². The fourth-order valence-corrected chi connectivity index (χ4v) is 2.41. The number of halogens is 1. The van der Waals surface area contributed by atoms with Gasteiger partial charge >= 0.3 is 0 Å². The average molecular weight is 335 g/mol. The summed E-state index contributed by atoms with van der Waals surface area (Å²) < 4.78 is 18.7. The Bertz CT molecular complexity index is 830. The summed E-state index contributed by atoms with van der Waals surface area (Å²) in [5.74, 6) is 0.915. The van der Waals surface area contributed by atoms with Crippen molar-refractivity contribution in [3.05, 3.63) is 95.8 Å². The zero-order valence-corrected chi connectivity index (χ0v) is 13.8. The lowest BCUT2D eigenvalue weighted by Gasteiger charge is -2.14. The molecule has 3 aromatic carbocycles. The lowest BCUT2D eigenvalue weighted by molar-refractivity contribution is 0.0940. The number of ether oxygens (including phenoxy) is 1. The molecule has 0 heterocycles. The standard InChI is InChI=1S/C21H18FNO2/c1-15(16-7-11-18(22)12-8-16)23-21(24)17-9-13-20(14-10-17)25-19-5-3-2-4-6-19/h2-15H,1H3,(H,23,24)/t15-/m1/s1. The third-order valence-corrected chi connectivity index (χ3v) is 3.81. The van der Waals surface area contributed by atoms with Crippen molar-refractivity contribution in [2.24, 2.45) is 0 Å². The highest BCUT2D eigenvalue weighted by atomic mass is 19.1. The number of benzene rings is 3. The Hall–Kier alpha value is -3.14. The first-order chi connectivity index (χ1) is 12.1. The molecule has 0 radical (unpaired) electrons. The van der Waals surface area contributed by atoms with Crippen molar-refractivity contribution in [3.8, 4) is 11.5 Å². The highest BCUT2D eigenvalue weighted by Crippen LogP contribution is 2.21. The summed E-state index contributed by atoms with van der Waals surface area (Å²) >= 11 is 0. The van der Waals surface area contributed by atoms with Gasteiger partial charge in [-0.2, -0.15) is 0 Å². The maximum absolute atomic E-state index is 13.0. The van der Waals surface area contributed by atoms with Gasteiger partial charge in [0.05, 0.1) is 6.04 Å². The molecule has 0 aromatic heterocycles. The van der Waals surface area contributed by atoms with Gasteiger partial charge in [-0.25, -0.2) is 4.39 Å². The van der Waals surface area contributed by atoms with Gasteiger partial charge in [0.1, 0.15) is 17.3 Å². The van der Waals surface area contributed by atoms with Crippen molar-refractivity contribution in [1.82, 2.24) is 5.32 Å². The minimum Gasteiger partial charge on any atom is -0.457 e. The molecule has 1 amide bonds. The first kappa shape index (κ1) is 16.7. The van der Waals surface area contributed by atoms with E-state index in [-0.39, 0.29) is 17.8 Å². The van der Waals surface area contributed by atoms with Crippen LogP contribution >= 0.6 is 0 Å². The molecular weight excluding hydrogens is 317 g/mol. The van der Waals surface area contributed by atoms with Crippen molar-refractivity contribution >= 4 is 5.91 Å². The van der Waals surface area contributed by atoms with Gasteiger partial charge in [0.25, 0.3) is 5.91 Å². The predicted molar refractivity (Wildman–Crippen MR) is 95.2 cm³/mol. The van der Waals surface area contributed by atoms with Gasteiger partial charge in [-0.15, -0.1) is 0 Å². The Kier molecular flexibility index (Phi) is 5.09. The SMILES string of the molecule is C[C@@H](NC(=O)c1ccc(Oc2ccccc2)cc1)c1ccc(F)cc1. The molecule has 0 aliphatic rings. The van der Waals surface area contributed by atoms with E-state index in [1.807, 2.05) is 37.3 Å². The van der Waals surface area contributed by atoms with E-state index in [9.17, 15) is 9.18 Å². The van der Waals surface area contributed by atoms with E-state index in [1.165, 1.54) is 12.1 Å². The lowest BCUT2D eigenvalue weighted by atomic mass is 10.1. The van der Waals surface area contributed by atoms with Crippen LogP contribution in [0.15, 0.2) is 78.9 Å². The quantitative estimate of drug-likeness (QED) is 0.704. The Balaban J connectivity index is 1.63. The second kappa shape index (κ2) is 7.62. The van der Waals surface area contributed by atoms with E-state index < -0.39 is 0 Å². The summed E-state index contributed by atoms with van der Waals surface area (Å²) in [5.41, 5.74) is 1.38. The normalized spacial score (nSPS) is 11.6. The van der Waals surface area contributed by atoms with Crippen LogP contribution in [0.4, 0.5) is 4.39 Å². The minimum atomic E-state index is -0.295. The molecule has 0 aliphatic heterocycles. The van der Waals surface area contributed by atoms with E-state index >= 15 is 0 Å². The molecule has 0 saturated carbocycles. The number of carbonyl (C=O) groups excluding carboxylic acids is 1. The first-order valence-corrected chi connectivity index (χ1v) is 8.01. The fourth-order valence-electron chi connectivity index (χ4n) is 2.41. The van der Waals surface area contributed by atoms with Crippen LogP contribution in [0.2, 0.25) is 0 Å². The van der Waals surface area contributed by atoms with Gasteiger partial charge < -0.3 is 10.1 Å². The maximum atomic E-state index is 13.0. The molecule has 0 saturated heterocycles. The second-order valence-corrected chi connectivity index (χ2v) is 5.69. The predicted octanol–water partition coefficient (Wildman–Crippen LogP) is 5.11. The van der Waals surface area contributed by atoms with E-state index in [0.29, 0.717) is 11.3 Å². The molecule has 3 rings (SSSR count). The molecule has 0 aliphatic carbocycles. The third kappa shape index (κ3) is 4.44. The molecule has 0 fully saturated rings. The Morgan fingerprint density at radius 3 is 2.12 bits per heavy atom. The molecule has 1 N–H and O–H groups in total. The largest absolute Gasteiger partial charge is 0.457 e. The Labute approximate surface area is 146 Å². The van der Waals surface area contributed by atoms with Gasteiger partial charge in [0, 0.05) is 5.56 Å². The maximum Gasteiger partial charge on any atom is 0.251 e. The molecule has 4 heteroatoms. The highest BCUT2D eigenvalue weighted by Gasteiger charge is 2.11. The molecule has 3 aromatic rings. The van der Waals surface area contributed by atoms with Gasteiger partial charge in [0.15, 0.2) is 0 Å². The molecule has 0 bridgehead atoms. The van der Waals surface area contributed by atoms with Gasteiger partial charge in [0.2, 0.25) is 0 Å². The Morgan fingerprint density at radius 2 is 1.48 bits per heavy atom. The van der Waals surface area contributed by atoms with Crippen LogP contribution in [0.5, 0.6) is 11.5 Å². The van der Waals surface area contributed by atoms with Crippen molar-refractivity contribution in [2.75, 3.05) is 0 Å². The number of rotatable bonds is 5. The number of hydrogen-bond donors (Lipinski definition) is 1. The number of carbonyl (C=O) groups is 1. The topological polar surface area (TPSA) is 38.3 Å². The van der Waals surface area contributed by atoms with E-state index in [1.54, 1.807) is 36.4 Å². The van der Waals surface area contributed by atoms with Crippen LogP contribution in [-0.2, 0) is 0 Å². The minimum absolute atomic E-state index is 0.192. The van der Waals surface area contributed by atoms with Crippen molar-refractivity contribution < 1.29 is 13.9 Å². The highest BCUT2D eigenvalue weighted by molar-refractivity contribution is 5.94. The number of para-hydroxylation sites is 1.